The number of sulfonamides is 1. The highest BCUT2D eigenvalue weighted by Crippen LogP contribution is 2.30. The Labute approximate surface area is 197 Å². The average molecular weight is 475 g/mol. The standard InChI is InChI=1S/C25H34N2O5S/c1-19(23-18-22(31-2)11-12-24(23)32-3)26-25(28)21-13-15-27(16-14-21)33(29,30)17-7-10-20-8-5-4-6-9-20/h4-6,8-9,11-12,18-19,21H,7,10,13-17H2,1-3H3,(H,26,28). The summed E-state index contributed by atoms with van der Waals surface area (Å²) in [5.74, 6) is 1.23. The average Bonchev–Trinajstić information content (AvgIpc) is 2.84. The quantitative estimate of drug-likeness (QED) is 0.569. The molecule has 0 radical (unpaired) electrons. The van der Waals surface area contributed by atoms with Crippen molar-refractivity contribution in [3.8, 4) is 11.5 Å². The molecule has 180 valence electrons. The predicted molar refractivity (Wildman–Crippen MR) is 129 cm³/mol. The summed E-state index contributed by atoms with van der Waals surface area (Å²) in [7, 11) is -0.125. The Kier molecular flexibility index (Phi) is 8.74. The van der Waals surface area contributed by atoms with E-state index in [1.807, 2.05) is 55.5 Å². The molecular formula is C25H34N2O5S. The number of hydrogen-bond donors (Lipinski definition) is 1. The van der Waals surface area contributed by atoms with Crippen LogP contribution in [-0.2, 0) is 21.2 Å². The van der Waals surface area contributed by atoms with Crippen LogP contribution < -0.4 is 14.8 Å². The number of ether oxygens (including phenoxy) is 2. The molecular weight excluding hydrogens is 440 g/mol. The largest absolute Gasteiger partial charge is 0.497 e. The number of carbonyl (C=O) groups excluding carboxylic acids is 1. The predicted octanol–water partition coefficient (Wildman–Crippen LogP) is 3.56. The third-order valence-electron chi connectivity index (χ3n) is 6.19. The van der Waals surface area contributed by atoms with E-state index in [0.717, 1.165) is 17.5 Å². The summed E-state index contributed by atoms with van der Waals surface area (Å²) in [5, 5.41) is 3.06. The van der Waals surface area contributed by atoms with Gasteiger partial charge in [-0.25, -0.2) is 12.7 Å². The first-order chi connectivity index (χ1) is 15.8. The molecule has 0 saturated carbocycles. The molecule has 1 fully saturated rings. The van der Waals surface area contributed by atoms with Crippen molar-refractivity contribution in [2.75, 3.05) is 33.1 Å². The van der Waals surface area contributed by atoms with Crippen molar-refractivity contribution in [3.05, 3.63) is 59.7 Å². The maximum atomic E-state index is 12.9. The summed E-state index contributed by atoms with van der Waals surface area (Å²) in [5.41, 5.74) is 1.98. The first-order valence-electron chi connectivity index (χ1n) is 11.4. The first kappa shape index (κ1) is 25.1. The molecule has 2 aromatic rings. The third kappa shape index (κ3) is 6.71. The fraction of sp³-hybridized carbons (Fsp3) is 0.480. The van der Waals surface area contributed by atoms with Crippen molar-refractivity contribution in [1.82, 2.24) is 9.62 Å². The van der Waals surface area contributed by atoms with Gasteiger partial charge in [0.15, 0.2) is 0 Å². The zero-order chi connectivity index (χ0) is 23.8. The molecule has 0 aromatic heterocycles. The van der Waals surface area contributed by atoms with Crippen LogP contribution in [0, 0.1) is 5.92 Å². The molecule has 1 heterocycles. The number of amides is 1. The van der Waals surface area contributed by atoms with E-state index in [-0.39, 0.29) is 23.6 Å². The number of rotatable bonds is 10. The Bertz CT molecular complexity index is 1020. The van der Waals surface area contributed by atoms with Gasteiger partial charge in [-0.05, 0) is 56.4 Å². The molecule has 0 aliphatic carbocycles. The Hall–Kier alpha value is -2.58. The van der Waals surface area contributed by atoms with Crippen molar-refractivity contribution in [1.29, 1.82) is 0 Å². The molecule has 0 spiro atoms. The van der Waals surface area contributed by atoms with Crippen LogP contribution in [0.1, 0.15) is 43.4 Å². The van der Waals surface area contributed by atoms with Crippen molar-refractivity contribution >= 4 is 15.9 Å². The van der Waals surface area contributed by atoms with E-state index in [9.17, 15) is 13.2 Å². The number of benzene rings is 2. The molecule has 0 bridgehead atoms. The molecule has 33 heavy (non-hydrogen) atoms. The van der Waals surface area contributed by atoms with Crippen molar-refractivity contribution in [3.63, 3.8) is 0 Å². The van der Waals surface area contributed by atoms with Gasteiger partial charge in [-0.15, -0.1) is 0 Å². The van der Waals surface area contributed by atoms with Gasteiger partial charge in [0, 0.05) is 24.6 Å². The second kappa shape index (κ2) is 11.5. The van der Waals surface area contributed by atoms with Crippen LogP contribution in [0.15, 0.2) is 48.5 Å². The van der Waals surface area contributed by atoms with Crippen LogP contribution in [0.4, 0.5) is 0 Å². The van der Waals surface area contributed by atoms with E-state index in [1.165, 1.54) is 4.31 Å². The molecule has 8 heteroatoms. The molecule has 1 aliphatic heterocycles. The van der Waals surface area contributed by atoms with Gasteiger partial charge < -0.3 is 14.8 Å². The topological polar surface area (TPSA) is 84.9 Å². The molecule has 1 unspecified atom stereocenters. The molecule has 1 amide bonds. The van der Waals surface area contributed by atoms with Crippen molar-refractivity contribution in [2.24, 2.45) is 5.92 Å². The van der Waals surface area contributed by atoms with Gasteiger partial charge in [-0.1, -0.05) is 30.3 Å². The Morgan fingerprint density at radius 1 is 1.09 bits per heavy atom. The summed E-state index contributed by atoms with van der Waals surface area (Å²) in [6.45, 7) is 2.66. The fourth-order valence-electron chi connectivity index (χ4n) is 4.22. The van der Waals surface area contributed by atoms with Gasteiger partial charge in [0.25, 0.3) is 0 Å². The van der Waals surface area contributed by atoms with E-state index in [1.54, 1.807) is 14.2 Å². The monoisotopic (exact) mass is 474 g/mol. The van der Waals surface area contributed by atoms with Crippen LogP contribution >= 0.6 is 0 Å². The molecule has 1 atom stereocenters. The van der Waals surface area contributed by atoms with Gasteiger partial charge in [0.2, 0.25) is 15.9 Å². The van der Waals surface area contributed by atoms with Crippen molar-refractivity contribution < 1.29 is 22.7 Å². The third-order valence-corrected chi connectivity index (χ3v) is 8.15. The highest BCUT2D eigenvalue weighted by atomic mass is 32.2. The van der Waals surface area contributed by atoms with E-state index in [2.05, 4.69) is 5.32 Å². The van der Waals surface area contributed by atoms with Crippen molar-refractivity contribution in [2.45, 2.75) is 38.6 Å². The first-order valence-corrected chi connectivity index (χ1v) is 13.0. The van der Waals surface area contributed by atoms with E-state index in [4.69, 9.17) is 9.47 Å². The maximum Gasteiger partial charge on any atom is 0.223 e. The number of methoxy groups -OCH3 is 2. The molecule has 1 N–H and O–H groups in total. The maximum absolute atomic E-state index is 12.9. The lowest BCUT2D eigenvalue weighted by atomic mass is 9.96. The lowest BCUT2D eigenvalue weighted by Gasteiger charge is -2.31. The Morgan fingerprint density at radius 2 is 1.79 bits per heavy atom. The highest BCUT2D eigenvalue weighted by Gasteiger charge is 2.31. The number of aryl methyl sites for hydroxylation is 1. The summed E-state index contributed by atoms with van der Waals surface area (Å²) in [4.78, 5) is 12.9. The molecule has 7 nitrogen and oxygen atoms in total. The minimum atomic E-state index is -3.31. The number of nitrogens with zero attached hydrogens (tertiary/aromatic N) is 1. The zero-order valence-electron chi connectivity index (χ0n) is 19.6. The number of piperidine rings is 1. The minimum Gasteiger partial charge on any atom is -0.497 e. The SMILES string of the molecule is COc1ccc(OC)c(C(C)NC(=O)C2CCN(S(=O)(=O)CCCc3ccccc3)CC2)c1. The normalized spacial score (nSPS) is 16.2. The van der Waals surface area contributed by atoms with Gasteiger partial charge in [0.1, 0.15) is 11.5 Å². The van der Waals surface area contributed by atoms with Gasteiger partial charge in [-0.3, -0.25) is 4.79 Å². The zero-order valence-corrected chi connectivity index (χ0v) is 20.4. The van der Waals surface area contributed by atoms with Gasteiger partial charge in [-0.2, -0.15) is 0 Å². The number of hydrogen-bond acceptors (Lipinski definition) is 5. The summed E-state index contributed by atoms with van der Waals surface area (Å²) in [6, 6.07) is 15.1. The summed E-state index contributed by atoms with van der Waals surface area (Å²) < 4.78 is 37.7. The van der Waals surface area contributed by atoms with Crippen LogP contribution in [-0.4, -0.2) is 51.7 Å². The van der Waals surface area contributed by atoms with E-state index in [0.29, 0.717) is 43.9 Å². The Morgan fingerprint density at radius 3 is 2.42 bits per heavy atom. The lowest BCUT2D eigenvalue weighted by molar-refractivity contribution is -0.126. The van der Waals surface area contributed by atoms with Crippen LogP contribution in [0.3, 0.4) is 0 Å². The molecule has 1 aliphatic rings. The van der Waals surface area contributed by atoms with E-state index < -0.39 is 10.0 Å². The second-order valence-electron chi connectivity index (χ2n) is 8.42. The van der Waals surface area contributed by atoms with Gasteiger partial charge in [0.05, 0.1) is 26.0 Å². The molecule has 3 rings (SSSR count). The Balaban J connectivity index is 1.50. The number of carbonyl (C=O) groups is 1. The van der Waals surface area contributed by atoms with Crippen LogP contribution in [0.25, 0.3) is 0 Å². The minimum absolute atomic E-state index is 0.0616. The van der Waals surface area contributed by atoms with Crippen LogP contribution in [0.2, 0.25) is 0 Å². The molecule has 1 saturated heterocycles. The lowest BCUT2D eigenvalue weighted by Crippen LogP contribution is -2.44. The summed E-state index contributed by atoms with van der Waals surface area (Å²) >= 11 is 0. The summed E-state index contributed by atoms with van der Waals surface area (Å²) in [6.07, 6.45) is 2.37. The smallest absolute Gasteiger partial charge is 0.223 e. The van der Waals surface area contributed by atoms with Gasteiger partial charge >= 0.3 is 0 Å². The molecule has 2 aromatic carbocycles. The highest BCUT2D eigenvalue weighted by molar-refractivity contribution is 7.89. The number of nitrogens with one attached hydrogen (secondary N) is 1. The second-order valence-corrected chi connectivity index (χ2v) is 10.5. The fourth-order valence-corrected chi connectivity index (χ4v) is 5.75. The van der Waals surface area contributed by atoms with Crippen LogP contribution in [0.5, 0.6) is 11.5 Å². The van der Waals surface area contributed by atoms with E-state index >= 15 is 0 Å².